The summed E-state index contributed by atoms with van der Waals surface area (Å²) >= 11 is 0. The van der Waals surface area contributed by atoms with E-state index in [0.717, 1.165) is 0 Å². The van der Waals surface area contributed by atoms with E-state index in [0.29, 0.717) is 19.3 Å². The molecule has 0 rings (SSSR count). The molecule has 0 fully saturated rings. The summed E-state index contributed by atoms with van der Waals surface area (Å²) < 4.78 is 4.32. The van der Waals surface area contributed by atoms with Crippen molar-refractivity contribution in [3.05, 3.63) is 0 Å². The number of methoxy groups -OCH3 is 1. The van der Waals surface area contributed by atoms with Gasteiger partial charge in [-0.15, -0.1) is 0 Å². The van der Waals surface area contributed by atoms with Gasteiger partial charge in [-0.2, -0.15) is 0 Å². The Kier molecular flexibility index (Phi) is 5.66. The maximum absolute atomic E-state index is 10.7. The zero-order valence-corrected chi connectivity index (χ0v) is 7.49. The van der Waals surface area contributed by atoms with Gasteiger partial charge in [0.25, 0.3) is 0 Å². The van der Waals surface area contributed by atoms with Crippen LogP contribution in [-0.2, 0) is 9.53 Å². The molecule has 2 N–H and O–H groups in total. The lowest BCUT2D eigenvalue weighted by Crippen LogP contribution is -2.21. The summed E-state index contributed by atoms with van der Waals surface area (Å²) in [6.45, 7) is 1.67. The van der Waals surface area contributed by atoms with Gasteiger partial charge in [0.2, 0.25) is 0 Å². The Morgan fingerprint density at radius 1 is 1.42 bits per heavy atom. The number of ether oxygens (including phenoxy) is 1. The highest BCUT2D eigenvalue weighted by atomic mass is 16.5. The van der Waals surface area contributed by atoms with Crippen molar-refractivity contribution in [2.75, 3.05) is 7.11 Å². The summed E-state index contributed by atoms with van der Waals surface area (Å²) in [6.07, 6.45) is 0.128. The monoisotopic (exact) mass is 176 g/mol. The minimum atomic E-state index is -1.05. The van der Waals surface area contributed by atoms with Crippen molar-refractivity contribution in [1.82, 2.24) is 0 Å². The third-order valence-electron chi connectivity index (χ3n) is 1.57. The largest absolute Gasteiger partial charge is 0.467 e. The Labute approximate surface area is 72.2 Å². The molecule has 0 unspecified atom stereocenters. The zero-order valence-electron chi connectivity index (χ0n) is 7.49. The van der Waals surface area contributed by atoms with Gasteiger partial charge in [-0.1, -0.05) is 0 Å². The minimum Gasteiger partial charge on any atom is -0.467 e. The molecular weight excluding hydrogens is 160 g/mol. The molecule has 2 atom stereocenters. The first-order valence-corrected chi connectivity index (χ1v) is 4.02. The maximum Gasteiger partial charge on any atom is 0.334 e. The van der Waals surface area contributed by atoms with E-state index >= 15 is 0 Å². The van der Waals surface area contributed by atoms with Crippen molar-refractivity contribution in [1.29, 1.82) is 0 Å². The van der Waals surface area contributed by atoms with Crippen molar-refractivity contribution in [2.45, 2.75) is 38.4 Å². The average Bonchev–Trinajstić information content (AvgIpc) is 2.02. The molecule has 4 heteroatoms. The molecule has 0 bridgehead atoms. The van der Waals surface area contributed by atoms with Gasteiger partial charge in [-0.25, -0.2) is 4.79 Å². The molecule has 0 spiro atoms. The summed E-state index contributed by atoms with van der Waals surface area (Å²) in [6, 6.07) is 0. The molecule has 0 amide bonds. The first-order valence-electron chi connectivity index (χ1n) is 4.02. The standard InChI is InChI=1S/C8H16O4/c1-6(9)4-3-5-7(10)8(11)12-2/h6-7,9-10H,3-5H2,1-2H3/t6-,7+/m1/s1. The number of aliphatic hydroxyl groups is 2. The molecule has 12 heavy (non-hydrogen) atoms. The van der Waals surface area contributed by atoms with Crippen LogP contribution in [-0.4, -0.2) is 35.5 Å². The molecule has 0 aliphatic rings. The molecular formula is C8H16O4. The minimum absolute atomic E-state index is 0.345. The van der Waals surface area contributed by atoms with Crippen LogP contribution >= 0.6 is 0 Å². The second kappa shape index (κ2) is 5.97. The van der Waals surface area contributed by atoms with E-state index in [2.05, 4.69) is 4.74 Å². The fourth-order valence-electron chi connectivity index (χ4n) is 0.861. The number of hydrogen-bond acceptors (Lipinski definition) is 4. The smallest absolute Gasteiger partial charge is 0.334 e. The van der Waals surface area contributed by atoms with Crippen LogP contribution in [0, 0.1) is 0 Å². The highest BCUT2D eigenvalue weighted by molar-refractivity contribution is 5.74. The van der Waals surface area contributed by atoms with Crippen LogP contribution in [0.5, 0.6) is 0 Å². The van der Waals surface area contributed by atoms with Crippen molar-refractivity contribution in [3.63, 3.8) is 0 Å². The van der Waals surface area contributed by atoms with Gasteiger partial charge < -0.3 is 14.9 Å². The maximum atomic E-state index is 10.7. The van der Waals surface area contributed by atoms with Gasteiger partial charge in [0.15, 0.2) is 6.10 Å². The Morgan fingerprint density at radius 2 is 2.00 bits per heavy atom. The molecule has 0 saturated heterocycles. The molecule has 0 heterocycles. The Hall–Kier alpha value is -0.610. The third kappa shape index (κ3) is 5.09. The predicted octanol–water partition coefficient (Wildman–Crippen LogP) is 0.0714. The molecule has 0 aromatic rings. The fourth-order valence-corrected chi connectivity index (χ4v) is 0.861. The van der Waals surface area contributed by atoms with E-state index in [-0.39, 0.29) is 6.10 Å². The zero-order chi connectivity index (χ0) is 9.56. The van der Waals surface area contributed by atoms with Gasteiger partial charge >= 0.3 is 5.97 Å². The van der Waals surface area contributed by atoms with E-state index < -0.39 is 12.1 Å². The molecule has 4 nitrogen and oxygen atoms in total. The van der Waals surface area contributed by atoms with Crippen LogP contribution < -0.4 is 0 Å². The third-order valence-corrected chi connectivity index (χ3v) is 1.57. The molecule has 0 aromatic heterocycles. The number of carbonyl (C=O) groups excluding carboxylic acids is 1. The van der Waals surface area contributed by atoms with Gasteiger partial charge in [-0.05, 0) is 26.2 Å². The molecule has 0 aromatic carbocycles. The fraction of sp³-hybridized carbons (Fsp3) is 0.875. The number of esters is 1. The van der Waals surface area contributed by atoms with Crippen LogP contribution in [0.15, 0.2) is 0 Å². The molecule has 0 radical (unpaired) electrons. The normalized spacial score (nSPS) is 15.3. The topological polar surface area (TPSA) is 66.8 Å². The first-order chi connectivity index (χ1) is 5.57. The van der Waals surface area contributed by atoms with Crippen molar-refractivity contribution in [3.8, 4) is 0 Å². The van der Waals surface area contributed by atoms with Crippen LogP contribution in [0.1, 0.15) is 26.2 Å². The van der Waals surface area contributed by atoms with E-state index in [1.165, 1.54) is 7.11 Å². The predicted molar refractivity (Wildman–Crippen MR) is 43.6 cm³/mol. The average molecular weight is 176 g/mol. The van der Waals surface area contributed by atoms with E-state index in [1.807, 2.05) is 0 Å². The van der Waals surface area contributed by atoms with Crippen molar-refractivity contribution in [2.24, 2.45) is 0 Å². The van der Waals surface area contributed by atoms with Crippen molar-refractivity contribution >= 4 is 5.97 Å². The van der Waals surface area contributed by atoms with Crippen LogP contribution in [0.2, 0.25) is 0 Å². The molecule has 0 aliphatic carbocycles. The van der Waals surface area contributed by atoms with E-state index in [1.54, 1.807) is 6.92 Å². The molecule has 0 aliphatic heterocycles. The highest BCUT2D eigenvalue weighted by Gasteiger charge is 2.14. The summed E-state index contributed by atoms with van der Waals surface area (Å²) in [5.41, 5.74) is 0. The number of hydrogen-bond donors (Lipinski definition) is 2. The number of carbonyl (C=O) groups is 1. The lowest BCUT2D eigenvalue weighted by Gasteiger charge is -2.08. The van der Waals surface area contributed by atoms with Crippen molar-refractivity contribution < 1.29 is 19.7 Å². The second-order valence-corrected chi connectivity index (χ2v) is 2.82. The lowest BCUT2D eigenvalue weighted by molar-refractivity contribution is -0.150. The number of aliphatic hydroxyl groups excluding tert-OH is 2. The molecule has 72 valence electrons. The second-order valence-electron chi connectivity index (χ2n) is 2.82. The Balaban J connectivity index is 3.43. The summed E-state index contributed by atoms with van der Waals surface area (Å²) in [5, 5.41) is 17.9. The quantitative estimate of drug-likeness (QED) is 0.582. The Bertz CT molecular complexity index is 133. The lowest BCUT2D eigenvalue weighted by atomic mass is 10.1. The summed E-state index contributed by atoms with van der Waals surface area (Å²) in [7, 11) is 1.24. The van der Waals surface area contributed by atoms with Gasteiger partial charge in [-0.3, -0.25) is 0 Å². The Morgan fingerprint density at radius 3 is 2.42 bits per heavy atom. The number of rotatable bonds is 5. The summed E-state index contributed by atoms with van der Waals surface area (Å²) in [5.74, 6) is -0.611. The summed E-state index contributed by atoms with van der Waals surface area (Å²) in [4.78, 5) is 10.7. The molecule has 0 saturated carbocycles. The van der Waals surface area contributed by atoms with E-state index in [4.69, 9.17) is 10.2 Å². The highest BCUT2D eigenvalue weighted by Crippen LogP contribution is 2.04. The van der Waals surface area contributed by atoms with Gasteiger partial charge in [0.05, 0.1) is 13.2 Å². The van der Waals surface area contributed by atoms with Crippen LogP contribution in [0.4, 0.5) is 0 Å². The van der Waals surface area contributed by atoms with E-state index in [9.17, 15) is 4.79 Å². The van der Waals surface area contributed by atoms with Gasteiger partial charge in [0.1, 0.15) is 0 Å². The van der Waals surface area contributed by atoms with Crippen LogP contribution in [0.25, 0.3) is 0 Å². The SMILES string of the molecule is COC(=O)[C@@H](O)CCC[C@@H](C)O. The van der Waals surface area contributed by atoms with Crippen LogP contribution in [0.3, 0.4) is 0 Å². The van der Waals surface area contributed by atoms with Gasteiger partial charge in [0, 0.05) is 0 Å². The first kappa shape index (κ1) is 11.4.